The van der Waals surface area contributed by atoms with E-state index in [0.29, 0.717) is 11.3 Å². The number of hydrogen-bond acceptors (Lipinski definition) is 5. The molecular formula is C13H22N4S. The highest BCUT2D eigenvalue weighted by Crippen LogP contribution is 2.27. The van der Waals surface area contributed by atoms with E-state index < -0.39 is 0 Å². The van der Waals surface area contributed by atoms with Crippen LogP contribution in [0.15, 0.2) is 6.20 Å². The molecule has 0 aromatic carbocycles. The van der Waals surface area contributed by atoms with E-state index in [4.69, 9.17) is 0 Å². The lowest BCUT2D eigenvalue weighted by Crippen LogP contribution is -2.45. The third kappa shape index (κ3) is 2.78. The highest BCUT2D eigenvalue weighted by Gasteiger charge is 2.27. The summed E-state index contributed by atoms with van der Waals surface area (Å²) in [6.07, 6.45) is 1.95. The van der Waals surface area contributed by atoms with Crippen molar-refractivity contribution in [3.05, 3.63) is 17.5 Å². The van der Waals surface area contributed by atoms with Crippen LogP contribution in [0.25, 0.3) is 0 Å². The Morgan fingerprint density at radius 2 is 2.28 bits per heavy atom. The number of aromatic nitrogens is 2. The van der Waals surface area contributed by atoms with Gasteiger partial charge < -0.3 is 10.2 Å². The van der Waals surface area contributed by atoms with Gasteiger partial charge >= 0.3 is 0 Å². The normalized spacial score (nSPS) is 24.3. The predicted octanol–water partition coefficient (Wildman–Crippen LogP) is 1.83. The second-order valence-electron chi connectivity index (χ2n) is 4.82. The average molecular weight is 266 g/mol. The molecule has 0 radical (unpaired) electrons. The largest absolute Gasteiger partial charge is 0.336 e. The molecular weight excluding hydrogens is 244 g/mol. The van der Waals surface area contributed by atoms with Crippen LogP contribution in [0.2, 0.25) is 0 Å². The summed E-state index contributed by atoms with van der Waals surface area (Å²) in [6, 6.07) is 0.498. The first kappa shape index (κ1) is 13.6. The fourth-order valence-electron chi connectivity index (χ4n) is 2.20. The molecule has 1 fully saturated rings. The Morgan fingerprint density at radius 3 is 2.94 bits per heavy atom. The Hall–Kier alpha value is -0.810. The molecule has 4 nitrogen and oxygen atoms in total. The molecule has 0 bridgehead atoms. The van der Waals surface area contributed by atoms with Crippen molar-refractivity contribution < 1.29 is 0 Å². The van der Waals surface area contributed by atoms with Crippen LogP contribution in [0.1, 0.15) is 25.1 Å². The summed E-state index contributed by atoms with van der Waals surface area (Å²) in [4.78, 5) is 11.5. The number of rotatable bonds is 3. The number of hydrogen-bond donors (Lipinski definition) is 1. The van der Waals surface area contributed by atoms with Crippen molar-refractivity contribution in [1.82, 2.24) is 15.3 Å². The molecule has 0 aliphatic carbocycles. The Kier molecular flexibility index (Phi) is 4.45. The first-order valence-corrected chi connectivity index (χ1v) is 7.53. The molecule has 1 aliphatic rings. The van der Waals surface area contributed by atoms with Crippen LogP contribution < -0.4 is 10.2 Å². The van der Waals surface area contributed by atoms with Gasteiger partial charge in [0, 0.05) is 47.6 Å². The van der Waals surface area contributed by atoms with E-state index in [1.807, 2.05) is 25.0 Å². The van der Waals surface area contributed by atoms with Crippen LogP contribution in [-0.2, 0) is 6.54 Å². The molecule has 2 atom stereocenters. The van der Waals surface area contributed by atoms with E-state index in [9.17, 15) is 0 Å². The minimum atomic E-state index is 0.498. The lowest BCUT2D eigenvalue weighted by Gasteiger charge is -2.37. The molecule has 2 heterocycles. The van der Waals surface area contributed by atoms with E-state index in [-0.39, 0.29) is 0 Å². The lowest BCUT2D eigenvalue weighted by atomic mass is 10.2. The molecule has 0 spiro atoms. The van der Waals surface area contributed by atoms with E-state index in [0.717, 1.165) is 30.5 Å². The summed E-state index contributed by atoms with van der Waals surface area (Å²) in [6.45, 7) is 8.47. The zero-order chi connectivity index (χ0) is 13.1. The average Bonchev–Trinajstić information content (AvgIpc) is 2.35. The zero-order valence-corrected chi connectivity index (χ0v) is 12.4. The first-order valence-electron chi connectivity index (χ1n) is 6.49. The van der Waals surface area contributed by atoms with Crippen LogP contribution in [0.3, 0.4) is 0 Å². The van der Waals surface area contributed by atoms with Crippen molar-refractivity contribution in [2.45, 2.75) is 38.6 Å². The van der Waals surface area contributed by atoms with E-state index in [1.54, 1.807) is 0 Å². The zero-order valence-electron chi connectivity index (χ0n) is 11.6. The van der Waals surface area contributed by atoms with Gasteiger partial charge in [0.1, 0.15) is 0 Å². The Morgan fingerprint density at radius 1 is 1.50 bits per heavy atom. The Bertz CT molecular complexity index is 410. The quantitative estimate of drug-likeness (QED) is 0.904. The molecule has 1 saturated heterocycles. The molecule has 1 aromatic heterocycles. The molecule has 0 amide bonds. The third-order valence-electron chi connectivity index (χ3n) is 3.58. The van der Waals surface area contributed by atoms with Crippen molar-refractivity contribution in [3.8, 4) is 0 Å². The number of aryl methyl sites for hydroxylation is 1. The van der Waals surface area contributed by atoms with Gasteiger partial charge in [0.2, 0.25) is 5.95 Å². The highest BCUT2D eigenvalue weighted by atomic mass is 32.2. The maximum atomic E-state index is 4.67. The maximum absolute atomic E-state index is 4.67. The minimum absolute atomic E-state index is 0.498. The summed E-state index contributed by atoms with van der Waals surface area (Å²) in [5.74, 6) is 2.04. The van der Waals surface area contributed by atoms with E-state index in [1.165, 1.54) is 5.56 Å². The first-order chi connectivity index (χ1) is 8.63. The van der Waals surface area contributed by atoms with E-state index >= 15 is 0 Å². The Labute approximate surface area is 114 Å². The minimum Gasteiger partial charge on any atom is -0.336 e. The second kappa shape index (κ2) is 5.89. The summed E-state index contributed by atoms with van der Waals surface area (Å²) < 4.78 is 0. The monoisotopic (exact) mass is 266 g/mol. The number of nitrogens with zero attached hydrogens (tertiary/aromatic N) is 3. The molecule has 100 valence electrons. The standard InChI is InChI=1S/C13H22N4S/c1-9-12(7-14-4)8-15-13(16-9)17-5-6-18-11(3)10(17)2/h8,10-11,14H,5-7H2,1-4H3. The van der Waals surface area contributed by atoms with Crippen LogP contribution in [-0.4, -0.2) is 40.6 Å². The number of nitrogens with one attached hydrogen (secondary N) is 1. The van der Waals surface area contributed by atoms with Gasteiger partial charge in [-0.25, -0.2) is 9.97 Å². The van der Waals surface area contributed by atoms with Crippen molar-refractivity contribution in [3.63, 3.8) is 0 Å². The molecule has 2 rings (SSSR count). The summed E-state index contributed by atoms with van der Waals surface area (Å²) in [5, 5.41) is 3.78. The molecule has 1 aromatic rings. The van der Waals surface area contributed by atoms with Gasteiger partial charge in [-0.05, 0) is 20.9 Å². The van der Waals surface area contributed by atoms with Crippen LogP contribution in [0.5, 0.6) is 0 Å². The molecule has 2 unspecified atom stereocenters. The van der Waals surface area contributed by atoms with Crippen LogP contribution in [0, 0.1) is 6.92 Å². The van der Waals surface area contributed by atoms with Gasteiger partial charge in [-0.1, -0.05) is 6.92 Å². The molecule has 0 saturated carbocycles. The predicted molar refractivity (Wildman–Crippen MR) is 78.3 cm³/mol. The van der Waals surface area contributed by atoms with Crippen molar-refractivity contribution in [2.24, 2.45) is 0 Å². The van der Waals surface area contributed by atoms with Gasteiger partial charge in [0.25, 0.3) is 0 Å². The molecule has 1 aliphatic heterocycles. The van der Waals surface area contributed by atoms with Crippen molar-refractivity contribution >= 4 is 17.7 Å². The summed E-state index contributed by atoms with van der Waals surface area (Å²) in [7, 11) is 1.94. The van der Waals surface area contributed by atoms with Gasteiger partial charge in [-0.2, -0.15) is 11.8 Å². The van der Waals surface area contributed by atoms with Gasteiger partial charge in [-0.15, -0.1) is 0 Å². The number of anilines is 1. The molecule has 5 heteroatoms. The second-order valence-corrected chi connectivity index (χ2v) is 6.31. The molecule has 1 N–H and O–H groups in total. The maximum Gasteiger partial charge on any atom is 0.225 e. The van der Waals surface area contributed by atoms with Crippen LogP contribution >= 0.6 is 11.8 Å². The molecule has 18 heavy (non-hydrogen) atoms. The van der Waals surface area contributed by atoms with Gasteiger partial charge in [0.15, 0.2) is 0 Å². The van der Waals surface area contributed by atoms with Gasteiger partial charge in [0.05, 0.1) is 0 Å². The van der Waals surface area contributed by atoms with Crippen LogP contribution in [0.4, 0.5) is 5.95 Å². The fourth-order valence-corrected chi connectivity index (χ4v) is 3.30. The van der Waals surface area contributed by atoms with Crippen molar-refractivity contribution in [2.75, 3.05) is 24.2 Å². The SMILES string of the molecule is CNCc1cnc(N2CCSC(C)C2C)nc1C. The van der Waals surface area contributed by atoms with E-state index in [2.05, 4.69) is 41.0 Å². The smallest absolute Gasteiger partial charge is 0.225 e. The summed E-state index contributed by atoms with van der Waals surface area (Å²) >= 11 is 2.03. The third-order valence-corrected chi connectivity index (χ3v) is 4.91. The topological polar surface area (TPSA) is 41.1 Å². The van der Waals surface area contributed by atoms with Gasteiger partial charge in [-0.3, -0.25) is 0 Å². The highest BCUT2D eigenvalue weighted by molar-refractivity contribution is 8.00. The lowest BCUT2D eigenvalue weighted by molar-refractivity contribution is 0.610. The summed E-state index contributed by atoms with van der Waals surface area (Å²) in [5.41, 5.74) is 2.25. The fraction of sp³-hybridized carbons (Fsp3) is 0.692. The Balaban J connectivity index is 2.20. The van der Waals surface area contributed by atoms with Crippen molar-refractivity contribution in [1.29, 1.82) is 0 Å². The number of thioether (sulfide) groups is 1.